The van der Waals surface area contributed by atoms with E-state index in [0.717, 1.165) is 11.4 Å². The lowest BCUT2D eigenvalue weighted by atomic mass is 9.73. The fourth-order valence-electron chi connectivity index (χ4n) is 7.68. The van der Waals surface area contributed by atoms with Gasteiger partial charge in [-0.05, 0) is 116 Å². The molecule has 8 aromatic carbocycles. The lowest BCUT2D eigenvalue weighted by Crippen LogP contribution is -2.30. The number of hydrogen-bond donors (Lipinski definition) is 1. The van der Waals surface area contributed by atoms with Gasteiger partial charge >= 0.3 is 0 Å². The minimum absolute atomic E-state index is 0.134. The molecule has 1 N–H and O–H groups in total. The van der Waals surface area contributed by atoms with Crippen molar-refractivity contribution >= 4 is 62.1 Å². The smallest absolute Gasteiger partial charge is 0.0503 e. The number of nitrogens with zero attached hydrogens (tertiary/aromatic N) is 1. The summed E-state index contributed by atoms with van der Waals surface area (Å²) in [5.41, 5.74) is 13.2. The van der Waals surface area contributed by atoms with E-state index in [4.69, 9.17) is 0 Å². The van der Waals surface area contributed by atoms with Crippen LogP contribution < -0.4 is 10.2 Å². The Morgan fingerprint density at radius 1 is 0.451 bits per heavy atom. The Morgan fingerprint density at radius 2 is 1.06 bits per heavy atom. The van der Waals surface area contributed by atoms with E-state index < -0.39 is 0 Å². The molecule has 1 aliphatic rings. The van der Waals surface area contributed by atoms with E-state index in [0.29, 0.717) is 0 Å². The van der Waals surface area contributed by atoms with Crippen LogP contribution in [-0.2, 0) is 5.41 Å². The molecule has 0 atom stereocenters. The molecule has 1 heterocycles. The summed E-state index contributed by atoms with van der Waals surface area (Å²) < 4.78 is 0. The number of rotatable bonds is 6. The zero-order valence-electron chi connectivity index (χ0n) is 28.8. The number of para-hydroxylation sites is 3. The van der Waals surface area contributed by atoms with Gasteiger partial charge < -0.3 is 10.2 Å². The van der Waals surface area contributed by atoms with Crippen LogP contribution in [0.1, 0.15) is 36.1 Å². The van der Waals surface area contributed by atoms with Crippen LogP contribution in [0.2, 0.25) is 0 Å². The molecule has 9 rings (SSSR count). The molecule has 0 spiro atoms. The van der Waals surface area contributed by atoms with E-state index in [-0.39, 0.29) is 5.41 Å². The summed E-state index contributed by atoms with van der Waals surface area (Å²) in [5, 5.41) is 8.52. The maximum atomic E-state index is 3.51. The summed E-state index contributed by atoms with van der Waals surface area (Å²) in [6, 6.07) is 63.5. The van der Waals surface area contributed by atoms with Crippen LogP contribution in [0.25, 0.3) is 44.8 Å². The Morgan fingerprint density at radius 3 is 1.84 bits per heavy atom. The van der Waals surface area contributed by atoms with Gasteiger partial charge in [-0.15, -0.1) is 0 Å². The van der Waals surface area contributed by atoms with Crippen LogP contribution in [0.3, 0.4) is 0 Å². The fourth-order valence-corrected chi connectivity index (χ4v) is 7.68. The van der Waals surface area contributed by atoms with Gasteiger partial charge in [-0.25, -0.2) is 0 Å². The predicted molar refractivity (Wildman–Crippen MR) is 219 cm³/mol. The van der Waals surface area contributed by atoms with E-state index >= 15 is 0 Å². The Bertz CT molecular complexity index is 2560. The van der Waals surface area contributed by atoms with Crippen LogP contribution in [0.15, 0.2) is 176 Å². The van der Waals surface area contributed by atoms with Crippen molar-refractivity contribution in [2.75, 3.05) is 10.2 Å². The van der Waals surface area contributed by atoms with E-state index in [9.17, 15) is 0 Å². The molecule has 0 fully saturated rings. The molecule has 0 amide bonds. The first-order valence-corrected chi connectivity index (χ1v) is 17.7. The van der Waals surface area contributed by atoms with Gasteiger partial charge in [0, 0.05) is 22.5 Å². The second-order valence-electron chi connectivity index (χ2n) is 14.0. The molecule has 51 heavy (non-hydrogen) atoms. The highest BCUT2D eigenvalue weighted by Crippen LogP contribution is 2.52. The van der Waals surface area contributed by atoms with E-state index in [1.54, 1.807) is 0 Å². The minimum Gasteiger partial charge on any atom is -0.356 e. The molecule has 0 saturated heterocycles. The standard InChI is InChI=1S/C49H38N2/c1-49(2)45-15-9-10-16-47(45)51(42-13-7-4-8-14-42)48-30-26-37(33-46(48)49)36-22-19-34(20-23-36)17-18-35-21-28-43-38(31-35)24-25-39-32-41(27-29-44(39)43)50-40-11-5-3-6-12-40/h3-33,50H,1-2H3/b18-17+. The highest BCUT2D eigenvalue weighted by Gasteiger charge is 2.36. The minimum atomic E-state index is -0.134. The first-order chi connectivity index (χ1) is 25.0. The predicted octanol–water partition coefficient (Wildman–Crippen LogP) is 13.7. The van der Waals surface area contributed by atoms with Crippen LogP contribution in [0, 0.1) is 0 Å². The zero-order valence-corrected chi connectivity index (χ0v) is 28.8. The molecule has 0 saturated carbocycles. The molecule has 8 aromatic rings. The Kier molecular flexibility index (Phi) is 7.51. The van der Waals surface area contributed by atoms with Gasteiger partial charge in [-0.2, -0.15) is 0 Å². The van der Waals surface area contributed by atoms with Crippen LogP contribution >= 0.6 is 0 Å². The van der Waals surface area contributed by atoms with Crippen LogP contribution in [-0.4, -0.2) is 0 Å². The maximum absolute atomic E-state index is 3.51. The second-order valence-corrected chi connectivity index (χ2v) is 14.0. The van der Waals surface area contributed by atoms with Crippen molar-refractivity contribution in [2.24, 2.45) is 0 Å². The summed E-state index contributed by atoms with van der Waals surface area (Å²) >= 11 is 0. The van der Waals surface area contributed by atoms with Gasteiger partial charge in [-0.1, -0.05) is 141 Å². The van der Waals surface area contributed by atoms with E-state index in [1.165, 1.54) is 72.0 Å². The second kappa shape index (κ2) is 12.5. The van der Waals surface area contributed by atoms with Gasteiger partial charge in [-0.3, -0.25) is 0 Å². The molecule has 2 heteroatoms. The number of hydrogen-bond acceptors (Lipinski definition) is 2. The number of benzene rings is 8. The highest BCUT2D eigenvalue weighted by atomic mass is 15.2. The van der Waals surface area contributed by atoms with Gasteiger partial charge in [0.25, 0.3) is 0 Å². The van der Waals surface area contributed by atoms with Crippen LogP contribution in [0.5, 0.6) is 0 Å². The summed E-state index contributed by atoms with van der Waals surface area (Å²) in [4.78, 5) is 2.41. The summed E-state index contributed by atoms with van der Waals surface area (Å²) in [5.74, 6) is 0. The molecular weight excluding hydrogens is 617 g/mol. The Hall–Kier alpha value is -6.38. The van der Waals surface area contributed by atoms with Crippen molar-refractivity contribution in [1.82, 2.24) is 0 Å². The normalized spacial score (nSPS) is 13.3. The van der Waals surface area contributed by atoms with Gasteiger partial charge in [0.15, 0.2) is 0 Å². The van der Waals surface area contributed by atoms with Crippen molar-refractivity contribution in [2.45, 2.75) is 19.3 Å². The van der Waals surface area contributed by atoms with E-state index in [1.807, 2.05) is 18.2 Å². The lowest BCUT2D eigenvalue weighted by molar-refractivity contribution is 0.632. The first kappa shape index (κ1) is 30.7. The van der Waals surface area contributed by atoms with Crippen molar-refractivity contribution in [1.29, 1.82) is 0 Å². The molecule has 0 bridgehead atoms. The third-order valence-corrected chi connectivity index (χ3v) is 10.4. The van der Waals surface area contributed by atoms with Crippen molar-refractivity contribution in [3.63, 3.8) is 0 Å². The number of fused-ring (bicyclic) bond motifs is 5. The average molecular weight is 655 g/mol. The number of anilines is 5. The summed E-state index contributed by atoms with van der Waals surface area (Å²) in [7, 11) is 0. The van der Waals surface area contributed by atoms with Gasteiger partial charge in [0.2, 0.25) is 0 Å². The fraction of sp³-hybridized carbons (Fsp3) is 0.0612. The monoisotopic (exact) mass is 654 g/mol. The molecular formula is C49H38N2. The SMILES string of the molecule is CC1(C)c2ccccc2N(c2ccccc2)c2ccc(-c3ccc(/C=C/c4ccc5c(ccc6cc(Nc7ccccc7)ccc65)c4)cc3)cc21. The van der Waals surface area contributed by atoms with Crippen molar-refractivity contribution in [3.8, 4) is 11.1 Å². The van der Waals surface area contributed by atoms with E-state index in [2.05, 4.69) is 194 Å². The Balaban J connectivity index is 0.968. The zero-order chi connectivity index (χ0) is 34.4. The van der Waals surface area contributed by atoms with Gasteiger partial charge in [0.1, 0.15) is 0 Å². The van der Waals surface area contributed by atoms with Crippen LogP contribution in [0.4, 0.5) is 28.4 Å². The molecule has 2 nitrogen and oxygen atoms in total. The largest absolute Gasteiger partial charge is 0.356 e. The Labute approximate surface area is 300 Å². The molecule has 0 aromatic heterocycles. The molecule has 244 valence electrons. The maximum Gasteiger partial charge on any atom is 0.0503 e. The van der Waals surface area contributed by atoms with Crippen molar-refractivity contribution < 1.29 is 0 Å². The molecule has 0 radical (unpaired) electrons. The topological polar surface area (TPSA) is 15.3 Å². The van der Waals surface area contributed by atoms with Gasteiger partial charge in [0.05, 0.1) is 11.4 Å². The third-order valence-electron chi connectivity index (χ3n) is 10.4. The summed E-state index contributed by atoms with van der Waals surface area (Å²) in [6.07, 6.45) is 4.42. The first-order valence-electron chi connectivity index (χ1n) is 17.7. The van der Waals surface area contributed by atoms with Crippen molar-refractivity contribution in [3.05, 3.63) is 198 Å². The highest BCUT2D eigenvalue weighted by molar-refractivity contribution is 6.09. The average Bonchev–Trinajstić information content (AvgIpc) is 3.18. The molecule has 0 unspecified atom stereocenters. The quantitative estimate of drug-likeness (QED) is 0.142. The molecule has 0 aliphatic carbocycles. The summed E-state index contributed by atoms with van der Waals surface area (Å²) in [6.45, 7) is 4.70. The lowest BCUT2D eigenvalue weighted by Gasteiger charge is -2.42. The number of nitrogens with one attached hydrogen (secondary N) is 1. The molecule has 1 aliphatic heterocycles. The third kappa shape index (κ3) is 5.65.